The number of aryl methyl sites for hydroxylation is 1. The van der Waals surface area contributed by atoms with Crippen molar-refractivity contribution in [3.05, 3.63) is 66.7 Å². The quantitative estimate of drug-likeness (QED) is 0.213. The third-order valence-corrected chi connectivity index (χ3v) is 7.59. The molecule has 40 heavy (non-hydrogen) atoms. The number of carbonyl (C=O) groups excluding carboxylic acids is 1. The van der Waals surface area contributed by atoms with Crippen LogP contribution in [0.2, 0.25) is 0 Å². The SMILES string of the molecule is C=CC(=O)Nc1cc(Nc2nc(-c3cn(C)c4ccccc34)c3ccsc3n2)c(OC)cc1N(C)CCN(C)C. The maximum Gasteiger partial charge on any atom is 0.247 e. The summed E-state index contributed by atoms with van der Waals surface area (Å²) in [4.78, 5) is 27.2. The molecule has 0 radical (unpaired) electrons. The van der Waals surface area contributed by atoms with Gasteiger partial charge in [0.15, 0.2) is 0 Å². The molecule has 2 aromatic carbocycles. The number of rotatable bonds is 10. The minimum atomic E-state index is -0.298. The van der Waals surface area contributed by atoms with Gasteiger partial charge in [0.2, 0.25) is 11.9 Å². The van der Waals surface area contributed by atoms with Crippen molar-refractivity contribution in [3.63, 3.8) is 0 Å². The molecule has 5 aromatic rings. The van der Waals surface area contributed by atoms with Crippen molar-refractivity contribution < 1.29 is 9.53 Å². The summed E-state index contributed by atoms with van der Waals surface area (Å²) in [5, 5.41) is 10.5. The second-order valence-electron chi connectivity index (χ2n) is 9.82. The summed E-state index contributed by atoms with van der Waals surface area (Å²) in [6, 6.07) is 14.1. The summed E-state index contributed by atoms with van der Waals surface area (Å²) in [7, 11) is 9.70. The minimum absolute atomic E-state index is 0.298. The van der Waals surface area contributed by atoms with E-state index in [-0.39, 0.29) is 5.91 Å². The van der Waals surface area contributed by atoms with Gasteiger partial charge in [0.1, 0.15) is 10.6 Å². The maximum atomic E-state index is 12.3. The van der Waals surface area contributed by atoms with Crippen molar-refractivity contribution in [1.29, 1.82) is 0 Å². The first kappa shape index (κ1) is 27.2. The Bertz CT molecular complexity index is 1710. The Balaban J connectivity index is 1.59. The highest BCUT2D eigenvalue weighted by molar-refractivity contribution is 7.16. The van der Waals surface area contributed by atoms with Crippen LogP contribution in [0.1, 0.15) is 0 Å². The number of hydrogen-bond donors (Lipinski definition) is 2. The summed E-state index contributed by atoms with van der Waals surface area (Å²) >= 11 is 1.56. The molecule has 9 nitrogen and oxygen atoms in total. The molecule has 0 aliphatic heterocycles. The average molecular weight is 556 g/mol. The first-order valence-corrected chi connectivity index (χ1v) is 13.7. The number of carbonyl (C=O) groups is 1. The van der Waals surface area contributed by atoms with Crippen molar-refractivity contribution in [2.75, 3.05) is 56.9 Å². The molecule has 0 unspecified atom stereocenters. The van der Waals surface area contributed by atoms with Crippen molar-refractivity contribution in [3.8, 4) is 17.0 Å². The molecule has 0 saturated heterocycles. The summed E-state index contributed by atoms with van der Waals surface area (Å²) in [6.45, 7) is 5.21. The van der Waals surface area contributed by atoms with Crippen LogP contribution in [-0.4, -0.2) is 66.7 Å². The Morgan fingerprint density at radius 1 is 1.10 bits per heavy atom. The van der Waals surface area contributed by atoms with Crippen LogP contribution in [0.25, 0.3) is 32.4 Å². The second-order valence-corrected chi connectivity index (χ2v) is 10.7. The minimum Gasteiger partial charge on any atom is -0.494 e. The fourth-order valence-electron chi connectivity index (χ4n) is 4.67. The number of benzene rings is 2. The molecule has 0 atom stereocenters. The molecule has 0 saturated carbocycles. The predicted molar refractivity (Wildman–Crippen MR) is 166 cm³/mol. The van der Waals surface area contributed by atoms with Gasteiger partial charge in [-0.15, -0.1) is 11.3 Å². The highest BCUT2D eigenvalue weighted by atomic mass is 32.1. The predicted octanol–water partition coefficient (Wildman–Crippen LogP) is 5.72. The van der Waals surface area contributed by atoms with Gasteiger partial charge in [-0.25, -0.2) is 9.97 Å². The number of nitrogens with one attached hydrogen (secondary N) is 2. The molecular formula is C30H33N7O2S. The largest absolute Gasteiger partial charge is 0.494 e. The number of hydrogen-bond acceptors (Lipinski definition) is 8. The van der Waals surface area contributed by atoms with E-state index < -0.39 is 0 Å². The maximum absolute atomic E-state index is 12.3. The van der Waals surface area contributed by atoms with E-state index in [0.717, 1.165) is 51.2 Å². The zero-order chi connectivity index (χ0) is 28.4. The number of methoxy groups -OCH3 is 1. The van der Waals surface area contributed by atoms with Crippen LogP contribution in [0.4, 0.5) is 23.0 Å². The number of likely N-dealkylation sites (N-methyl/N-ethyl adjacent to an activating group) is 2. The van der Waals surface area contributed by atoms with Crippen molar-refractivity contribution in [1.82, 2.24) is 19.4 Å². The zero-order valence-corrected chi connectivity index (χ0v) is 24.2. The Labute approximate surface area is 237 Å². The summed E-state index contributed by atoms with van der Waals surface area (Å²) in [6.07, 6.45) is 3.36. The fraction of sp³-hybridized carbons (Fsp3) is 0.233. The van der Waals surface area contributed by atoms with E-state index in [1.54, 1.807) is 18.4 Å². The Morgan fingerprint density at radius 2 is 1.90 bits per heavy atom. The number of anilines is 4. The summed E-state index contributed by atoms with van der Waals surface area (Å²) < 4.78 is 7.89. The Kier molecular flexibility index (Phi) is 7.72. The van der Waals surface area contributed by atoms with Gasteiger partial charge >= 0.3 is 0 Å². The molecule has 2 N–H and O–H groups in total. The van der Waals surface area contributed by atoms with E-state index >= 15 is 0 Å². The molecule has 3 aromatic heterocycles. The third kappa shape index (κ3) is 5.36. The van der Waals surface area contributed by atoms with Crippen molar-refractivity contribution in [2.24, 2.45) is 7.05 Å². The van der Waals surface area contributed by atoms with Crippen molar-refractivity contribution >= 4 is 61.4 Å². The van der Waals surface area contributed by atoms with Crippen LogP contribution >= 0.6 is 11.3 Å². The Morgan fingerprint density at radius 3 is 2.65 bits per heavy atom. The number of nitrogens with zero attached hydrogens (tertiary/aromatic N) is 5. The molecule has 0 aliphatic rings. The average Bonchev–Trinajstić information content (AvgIpc) is 3.56. The fourth-order valence-corrected chi connectivity index (χ4v) is 5.44. The molecular weight excluding hydrogens is 522 g/mol. The summed E-state index contributed by atoms with van der Waals surface area (Å²) in [5.41, 5.74) is 5.10. The van der Waals surface area contributed by atoms with E-state index in [4.69, 9.17) is 14.7 Å². The van der Waals surface area contributed by atoms with Gasteiger partial charge < -0.3 is 29.7 Å². The summed E-state index contributed by atoms with van der Waals surface area (Å²) in [5.74, 6) is 0.739. The first-order chi connectivity index (χ1) is 19.3. The molecule has 0 fully saturated rings. The van der Waals surface area contributed by atoms with Crippen molar-refractivity contribution in [2.45, 2.75) is 0 Å². The van der Waals surface area contributed by atoms with E-state index in [1.807, 2.05) is 57.8 Å². The van der Waals surface area contributed by atoms with Gasteiger partial charge in [-0.05, 0) is 43.8 Å². The van der Waals surface area contributed by atoms with E-state index in [2.05, 4.69) is 56.0 Å². The van der Waals surface area contributed by atoms with Crippen LogP contribution in [0.5, 0.6) is 5.75 Å². The molecule has 10 heteroatoms. The highest BCUT2D eigenvalue weighted by Crippen LogP contribution is 2.40. The topological polar surface area (TPSA) is 87.5 Å². The smallest absolute Gasteiger partial charge is 0.247 e. The van der Waals surface area contributed by atoms with E-state index in [0.29, 0.717) is 23.1 Å². The second kappa shape index (κ2) is 11.4. The molecule has 0 bridgehead atoms. The number of ether oxygens (including phenoxy) is 1. The number of fused-ring (bicyclic) bond motifs is 2. The van der Waals surface area contributed by atoms with Crippen LogP contribution < -0.4 is 20.3 Å². The molecule has 5 rings (SSSR count). The lowest BCUT2D eigenvalue weighted by Crippen LogP contribution is -2.29. The van der Waals surface area contributed by atoms with Crippen LogP contribution in [0.15, 0.2) is 66.7 Å². The molecule has 206 valence electrons. The molecule has 0 spiro atoms. The highest BCUT2D eigenvalue weighted by Gasteiger charge is 2.19. The van der Waals surface area contributed by atoms with Gasteiger partial charge in [-0.3, -0.25) is 4.79 Å². The van der Waals surface area contributed by atoms with Gasteiger partial charge in [-0.2, -0.15) is 0 Å². The normalized spacial score (nSPS) is 11.2. The number of para-hydroxylation sites is 1. The number of thiophene rings is 1. The van der Waals surface area contributed by atoms with Crippen LogP contribution in [-0.2, 0) is 11.8 Å². The first-order valence-electron chi connectivity index (χ1n) is 12.9. The lowest BCUT2D eigenvalue weighted by Gasteiger charge is -2.26. The zero-order valence-electron chi connectivity index (χ0n) is 23.4. The standard InChI is InChI=1S/C30H33N7O2S/c1-7-27(38)31-22-16-23(26(39-6)17-25(22)36(4)14-13-35(2)3)32-30-33-28(20-12-15-40-29(20)34-30)21-18-37(5)24-11-9-8-10-19(21)24/h7-12,15-18H,1,13-14H2,2-6H3,(H,31,38)(H,32,33,34). The van der Waals surface area contributed by atoms with Crippen LogP contribution in [0, 0.1) is 0 Å². The van der Waals surface area contributed by atoms with E-state index in [9.17, 15) is 4.79 Å². The number of aromatic nitrogens is 3. The van der Waals surface area contributed by atoms with Gasteiger partial charge in [-0.1, -0.05) is 24.8 Å². The lowest BCUT2D eigenvalue weighted by atomic mass is 10.1. The van der Waals surface area contributed by atoms with Gasteiger partial charge in [0.05, 0.1) is 29.9 Å². The van der Waals surface area contributed by atoms with Gasteiger partial charge in [0.25, 0.3) is 0 Å². The molecule has 3 heterocycles. The van der Waals surface area contributed by atoms with Gasteiger partial charge in [0, 0.05) is 61.3 Å². The van der Waals surface area contributed by atoms with Crippen LogP contribution in [0.3, 0.4) is 0 Å². The monoisotopic (exact) mass is 555 g/mol. The van der Waals surface area contributed by atoms with E-state index in [1.165, 1.54) is 6.08 Å². The third-order valence-electron chi connectivity index (χ3n) is 6.78. The lowest BCUT2D eigenvalue weighted by molar-refractivity contribution is -0.111. The molecule has 1 amide bonds. The molecule has 0 aliphatic carbocycles. The number of amides is 1. The Hall–Kier alpha value is -4.41.